The highest BCUT2D eigenvalue weighted by molar-refractivity contribution is 7.90. The number of nitrogens with zero attached hydrogens (tertiary/aromatic N) is 1. The number of halogens is 1. The lowest BCUT2D eigenvalue weighted by Gasteiger charge is -2.32. The highest BCUT2D eigenvalue weighted by atomic mass is 32.2. The first-order valence-electron chi connectivity index (χ1n) is 5.38. The van der Waals surface area contributed by atoms with E-state index in [4.69, 9.17) is 4.74 Å². The molecule has 0 fully saturated rings. The van der Waals surface area contributed by atoms with Crippen LogP contribution < -0.4 is 4.74 Å². The van der Waals surface area contributed by atoms with Gasteiger partial charge in [0.1, 0.15) is 26.8 Å². The van der Waals surface area contributed by atoms with Crippen LogP contribution in [-0.2, 0) is 15.3 Å². The minimum atomic E-state index is -3.35. The maximum Gasteiger partial charge on any atom is 0.149 e. The Kier molecular flexibility index (Phi) is 3.03. The van der Waals surface area contributed by atoms with Crippen molar-refractivity contribution in [2.24, 2.45) is 0 Å². The maximum atomic E-state index is 13.3. The molecule has 1 unspecified atom stereocenters. The van der Waals surface area contributed by atoms with Crippen LogP contribution in [0.15, 0.2) is 18.2 Å². The molecule has 0 bridgehead atoms. The average Bonchev–Trinajstić information content (AvgIpc) is 2.28. The molecule has 1 atom stereocenters. The van der Waals surface area contributed by atoms with E-state index < -0.39 is 21.1 Å². The van der Waals surface area contributed by atoms with E-state index in [1.165, 1.54) is 18.2 Å². The quantitative estimate of drug-likeness (QED) is 0.814. The van der Waals surface area contributed by atoms with Gasteiger partial charge in [-0.2, -0.15) is 5.26 Å². The summed E-state index contributed by atoms with van der Waals surface area (Å²) in [6.07, 6.45) is 1.31. The average molecular weight is 269 g/mol. The molecule has 0 aliphatic carbocycles. The Morgan fingerprint density at radius 2 is 2.28 bits per heavy atom. The van der Waals surface area contributed by atoms with Crippen LogP contribution in [0, 0.1) is 17.1 Å². The number of hydrogen-bond donors (Lipinski definition) is 0. The molecule has 1 aliphatic heterocycles. The molecule has 0 spiro atoms. The van der Waals surface area contributed by atoms with Crippen molar-refractivity contribution in [1.29, 1.82) is 5.26 Å². The molecule has 96 valence electrons. The number of benzene rings is 1. The lowest BCUT2D eigenvalue weighted by atomic mass is 9.79. The van der Waals surface area contributed by atoms with E-state index in [2.05, 4.69) is 0 Å². The predicted octanol–water partition coefficient (Wildman–Crippen LogP) is 1.41. The van der Waals surface area contributed by atoms with Gasteiger partial charge < -0.3 is 4.74 Å². The molecule has 1 heterocycles. The van der Waals surface area contributed by atoms with Gasteiger partial charge in [0.05, 0.1) is 18.4 Å². The van der Waals surface area contributed by atoms with E-state index >= 15 is 0 Å². The summed E-state index contributed by atoms with van der Waals surface area (Å²) in [6, 6.07) is 5.87. The lowest BCUT2D eigenvalue weighted by molar-refractivity contribution is 0.250. The summed E-state index contributed by atoms with van der Waals surface area (Å²) in [6.45, 7) is 0.252. The van der Waals surface area contributed by atoms with Crippen molar-refractivity contribution in [1.82, 2.24) is 0 Å². The molecule has 0 saturated heterocycles. The molecule has 0 amide bonds. The van der Waals surface area contributed by atoms with E-state index in [1.54, 1.807) is 0 Å². The summed E-state index contributed by atoms with van der Waals surface area (Å²) >= 11 is 0. The van der Waals surface area contributed by atoms with Crippen LogP contribution in [-0.4, -0.2) is 27.0 Å². The molecule has 1 aliphatic rings. The number of fused-ring (bicyclic) bond motifs is 1. The van der Waals surface area contributed by atoms with Gasteiger partial charge in [-0.25, -0.2) is 12.8 Å². The third kappa shape index (κ3) is 2.31. The van der Waals surface area contributed by atoms with E-state index in [1.807, 2.05) is 6.07 Å². The minimum Gasteiger partial charge on any atom is -0.493 e. The van der Waals surface area contributed by atoms with Crippen molar-refractivity contribution in [3.05, 3.63) is 29.6 Å². The van der Waals surface area contributed by atoms with Crippen molar-refractivity contribution < 1.29 is 17.5 Å². The Hall–Kier alpha value is -1.61. The topological polar surface area (TPSA) is 67.2 Å². The van der Waals surface area contributed by atoms with Gasteiger partial charge in [-0.05, 0) is 18.2 Å². The molecular weight excluding hydrogens is 257 g/mol. The van der Waals surface area contributed by atoms with Crippen LogP contribution in [0.3, 0.4) is 0 Å². The molecule has 1 aromatic rings. The fourth-order valence-corrected chi connectivity index (χ4v) is 3.48. The van der Waals surface area contributed by atoms with Gasteiger partial charge in [0, 0.05) is 18.2 Å². The zero-order valence-electron chi connectivity index (χ0n) is 9.81. The first-order valence-corrected chi connectivity index (χ1v) is 7.44. The normalized spacial score (nSPS) is 22.7. The summed E-state index contributed by atoms with van der Waals surface area (Å²) in [5.41, 5.74) is -0.898. The van der Waals surface area contributed by atoms with Crippen molar-refractivity contribution in [2.45, 2.75) is 11.8 Å². The first kappa shape index (κ1) is 12.8. The van der Waals surface area contributed by atoms with E-state index in [0.717, 1.165) is 6.26 Å². The van der Waals surface area contributed by atoms with Crippen LogP contribution in [0.4, 0.5) is 4.39 Å². The van der Waals surface area contributed by atoms with Gasteiger partial charge in [0.15, 0.2) is 0 Å². The second-order valence-electron chi connectivity index (χ2n) is 4.50. The molecule has 18 heavy (non-hydrogen) atoms. The highest BCUT2D eigenvalue weighted by Crippen LogP contribution is 2.39. The van der Waals surface area contributed by atoms with Crippen LogP contribution in [0.5, 0.6) is 5.75 Å². The summed E-state index contributed by atoms with van der Waals surface area (Å²) in [5.74, 6) is -0.448. The Labute approximate surface area is 105 Å². The molecule has 4 nitrogen and oxygen atoms in total. The zero-order chi connectivity index (χ0) is 13.4. The van der Waals surface area contributed by atoms with E-state index in [-0.39, 0.29) is 18.8 Å². The number of ether oxygens (including phenoxy) is 1. The van der Waals surface area contributed by atoms with Gasteiger partial charge in [0.2, 0.25) is 0 Å². The number of nitriles is 1. The fourth-order valence-electron chi connectivity index (χ4n) is 2.22. The first-order chi connectivity index (χ1) is 8.36. The fraction of sp³-hybridized carbons (Fsp3) is 0.417. The van der Waals surface area contributed by atoms with Crippen molar-refractivity contribution in [2.75, 3.05) is 18.6 Å². The molecule has 1 aromatic carbocycles. The van der Waals surface area contributed by atoms with Gasteiger partial charge in [-0.3, -0.25) is 0 Å². The predicted molar refractivity (Wildman–Crippen MR) is 63.5 cm³/mol. The Balaban J connectivity index is 2.59. The largest absolute Gasteiger partial charge is 0.493 e. The monoisotopic (exact) mass is 269 g/mol. The third-order valence-electron chi connectivity index (χ3n) is 2.97. The van der Waals surface area contributed by atoms with E-state index in [0.29, 0.717) is 11.3 Å². The van der Waals surface area contributed by atoms with Crippen LogP contribution >= 0.6 is 0 Å². The summed E-state index contributed by atoms with van der Waals surface area (Å²) < 4.78 is 41.6. The van der Waals surface area contributed by atoms with Crippen LogP contribution in [0.2, 0.25) is 0 Å². The van der Waals surface area contributed by atoms with Gasteiger partial charge in [-0.15, -0.1) is 0 Å². The van der Waals surface area contributed by atoms with E-state index in [9.17, 15) is 18.1 Å². The molecule has 0 aromatic heterocycles. The molecule has 0 radical (unpaired) electrons. The standard InChI is InChI=1S/C12H12FNO3S/c1-18(15,16)8-12(7-14)4-5-17-11-3-2-9(13)6-10(11)12/h2-3,6H,4-5,8H2,1H3. The SMILES string of the molecule is CS(=O)(=O)CC1(C#N)CCOc2ccc(F)cc21. The lowest BCUT2D eigenvalue weighted by Crippen LogP contribution is -2.38. The zero-order valence-corrected chi connectivity index (χ0v) is 10.6. The second-order valence-corrected chi connectivity index (χ2v) is 6.64. The molecule has 2 rings (SSSR count). The Bertz CT molecular complexity index is 621. The number of rotatable bonds is 2. The molecule has 6 heteroatoms. The number of sulfone groups is 1. The summed E-state index contributed by atoms with van der Waals surface area (Å²) in [4.78, 5) is 0. The second kappa shape index (κ2) is 4.25. The third-order valence-corrected chi connectivity index (χ3v) is 3.98. The van der Waals surface area contributed by atoms with Crippen molar-refractivity contribution >= 4 is 9.84 Å². The van der Waals surface area contributed by atoms with Gasteiger partial charge in [-0.1, -0.05) is 0 Å². The van der Waals surface area contributed by atoms with Crippen LogP contribution in [0.1, 0.15) is 12.0 Å². The number of hydrogen-bond acceptors (Lipinski definition) is 4. The van der Waals surface area contributed by atoms with Crippen molar-refractivity contribution in [3.8, 4) is 11.8 Å². The summed E-state index contributed by atoms with van der Waals surface area (Å²) in [5, 5.41) is 9.35. The Morgan fingerprint density at radius 1 is 1.56 bits per heavy atom. The highest BCUT2D eigenvalue weighted by Gasteiger charge is 2.41. The summed E-state index contributed by atoms with van der Waals surface area (Å²) in [7, 11) is -3.35. The molecule has 0 N–H and O–H groups in total. The van der Waals surface area contributed by atoms with Crippen LogP contribution in [0.25, 0.3) is 0 Å². The Morgan fingerprint density at radius 3 is 2.89 bits per heavy atom. The molecular formula is C12H12FNO3S. The van der Waals surface area contributed by atoms with Gasteiger partial charge >= 0.3 is 0 Å². The minimum absolute atomic E-state index is 0.243. The maximum absolute atomic E-state index is 13.3. The van der Waals surface area contributed by atoms with Crippen molar-refractivity contribution in [3.63, 3.8) is 0 Å². The van der Waals surface area contributed by atoms with Gasteiger partial charge in [0.25, 0.3) is 0 Å². The molecule has 0 saturated carbocycles. The smallest absolute Gasteiger partial charge is 0.149 e.